The van der Waals surface area contributed by atoms with Crippen molar-refractivity contribution in [2.75, 3.05) is 5.73 Å². The molecule has 108 valence electrons. The SMILES string of the molecule is CCC(C)(CC)NS(=O)(=O)c1ccc(F)c(N)c1F. The summed E-state index contributed by atoms with van der Waals surface area (Å²) >= 11 is 0. The van der Waals surface area contributed by atoms with Gasteiger partial charge in [0, 0.05) is 5.54 Å². The summed E-state index contributed by atoms with van der Waals surface area (Å²) in [5.74, 6) is -2.24. The molecule has 0 radical (unpaired) electrons. The summed E-state index contributed by atoms with van der Waals surface area (Å²) in [6.45, 7) is 5.36. The second kappa shape index (κ2) is 5.42. The van der Waals surface area contributed by atoms with Crippen molar-refractivity contribution < 1.29 is 17.2 Å². The Hall–Kier alpha value is -1.21. The van der Waals surface area contributed by atoms with E-state index in [2.05, 4.69) is 4.72 Å². The molecule has 0 atom stereocenters. The van der Waals surface area contributed by atoms with Crippen LogP contribution >= 0.6 is 0 Å². The van der Waals surface area contributed by atoms with Crippen molar-refractivity contribution in [2.45, 2.75) is 44.0 Å². The minimum atomic E-state index is -4.08. The lowest BCUT2D eigenvalue weighted by Crippen LogP contribution is -2.45. The van der Waals surface area contributed by atoms with E-state index in [0.717, 1.165) is 12.1 Å². The van der Waals surface area contributed by atoms with Gasteiger partial charge in [0.2, 0.25) is 10.0 Å². The van der Waals surface area contributed by atoms with Gasteiger partial charge >= 0.3 is 0 Å². The van der Waals surface area contributed by atoms with E-state index in [1.807, 2.05) is 13.8 Å². The molecule has 0 aromatic heterocycles. The summed E-state index contributed by atoms with van der Waals surface area (Å²) in [5.41, 5.74) is 3.69. The number of hydrogen-bond acceptors (Lipinski definition) is 3. The van der Waals surface area contributed by atoms with E-state index in [-0.39, 0.29) is 0 Å². The molecule has 3 N–H and O–H groups in total. The third-order valence-corrected chi connectivity index (χ3v) is 4.98. The number of anilines is 1. The third-order valence-electron chi connectivity index (χ3n) is 3.32. The Bertz CT molecular complexity index is 569. The van der Waals surface area contributed by atoms with Gasteiger partial charge in [-0.15, -0.1) is 0 Å². The molecule has 0 amide bonds. The highest BCUT2D eigenvalue weighted by Gasteiger charge is 2.30. The molecule has 0 bridgehead atoms. The minimum absolute atomic E-state index is 0.543. The smallest absolute Gasteiger partial charge is 0.244 e. The zero-order valence-electron chi connectivity index (χ0n) is 11.1. The number of halogens is 2. The fraction of sp³-hybridized carbons (Fsp3) is 0.500. The van der Waals surface area contributed by atoms with Gasteiger partial charge in [-0.3, -0.25) is 0 Å². The molecule has 19 heavy (non-hydrogen) atoms. The second-order valence-electron chi connectivity index (χ2n) is 4.65. The van der Waals surface area contributed by atoms with Gasteiger partial charge in [-0.1, -0.05) is 13.8 Å². The first kappa shape index (κ1) is 15.8. The minimum Gasteiger partial charge on any atom is -0.394 e. The van der Waals surface area contributed by atoms with Crippen molar-refractivity contribution >= 4 is 15.7 Å². The second-order valence-corrected chi connectivity index (χ2v) is 6.30. The summed E-state index contributed by atoms with van der Waals surface area (Å²) in [6.07, 6.45) is 1.09. The lowest BCUT2D eigenvalue weighted by atomic mass is 9.98. The molecule has 4 nitrogen and oxygen atoms in total. The van der Waals surface area contributed by atoms with Gasteiger partial charge in [-0.05, 0) is 31.9 Å². The van der Waals surface area contributed by atoms with Crippen molar-refractivity contribution in [3.63, 3.8) is 0 Å². The lowest BCUT2D eigenvalue weighted by molar-refractivity contribution is 0.387. The predicted octanol–water partition coefficient (Wildman–Crippen LogP) is 2.40. The van der Waals surface area contributed by atoms with Crippen LogP contribution in [-0.4, -0.2) is 14.0 Å². The molecular weight excluding hydrogens is 274 g/mol. The van der Waals surface area contributed by atoms with Gasteiger partial charge < -0.3 is 5.73 Å². The van der Waals surface area contributed by atoms with Gasteiger partial charge in [0.05, 0.1) is 0 Å². The van der Waals surface area contributed by atoms with E-state index in [1.165, 1.54) is 0 Å². The van der Waals surface area contributed by atoms with Crippen LogP contribution in [-0.2, 0) is 10.0 Å². The number of nitrogen functional groups attached to an aromatic ring is 1. The van der Waals surface area contributed by atoms with E-state index >= 15 is 0 Å². The van der Waals surface area contributed by atoms with Crippen LogP contribution in [0.5, 0.6) is 0 Å². The highest BCUT2D eigenvalue weighted by atomic mass is 32.2. The summed E-state index contributed by atoms with van der Waals surface area (Å²) in [7, 11) is -4.08. The monoisotopic (exact) mass is 292 g/mol. The Morgan fingerprint density at radius 1 is 1.26 bits per heavy atom. The zero-order valence-corrected chi connectivity index (χ0v) is 11.9. The fourth-order valence-electron chi connectivity index (χ4n) is 1.53. The Kier molecular flexibility index (Phi) is 4.52. The number of nitrogens with two attached hydrogens (primary N) is 1. The average molecular weight is 292 g/mol. The van der Waals surface area contributed by atoms with Gasteiger partial charge in [0.1, 0.15) is 16.4 Å². The zero-order chi connectivity index (χ0) is 14.8. The summed E-state index contributed by atoms with van der Waals surface area (Å²) in [4.78, 5) is -0.639. The standard InChI is InChI=1S/C12H18F2N2O2S/c1-4-12(3,5-2)16-19(17,18)9-7-6-8(13)11(15)10(9)14/h6-7,16H,4-5,15H2,1-3H3. The van der Waals surface area contributed by atoms with Gasteiger partial charge in [0.15, 0.2) is 5.82 Å². The number of rotatable bonds is 5. The third kappa shape index (κ3) is 3.22. The molecule has 0 unspecified atom stereocenters. The number of benzene rings is 1. The molecule has 7 heteroatoms. The largest absolute Gasteiger partial charge is 0.394 e. The van der Waals surface area contributed by atoms with Crippen molar-refractivity contribution in [2.24, 2.45) is 0 Å². The van der Waals surface area contributed by atoms with Crippen LogP contribution in [0.2, 0.25) is 0 Å². The molecule has 0 aliphatic heterocycles. The number of nitrogens with one attached hydrogen (secondary N) is 1. The molecule has 1 aromatic rings. The van der Waals surface area contributed by atoms with Crippen molar-refractivity contribution in [3.05, 3.63) is 23.8 Å². The molecule has 0 aliphatic carbocycles. The molecule has 1 rings (SSSR count). The van der Waals surface area contributed by atoms with E-state index in [1.54, 1.807) is 6.92 Å². The molecule has 0 saturated heterocycles. The van der Waals surface area contributed by atoms with Crippen molar-refractivity contribution in [3.8, 4) is 0 Å². The highest BCUT2D eigenvalue weighted by molar-refractivity contribution is 7.89. The molecule has 0 aliphatic rings. The quantitative estimate of drug-likeness (QED) is 0.819. The maximum atomic E-state index is 13.8. The Morgan fingerprint density at radius 2 is 1.79 bits per heavy atom. The van der Waals surface area contributed by atoms with E-state index in [9.17, 15) is 17.2 Å². The molecule has 0 spiro atoms. The van der Waals surface area contributed by atoms with Crippen LogP contribution in [0.15, 0.2) is 17.0 Å². The first-order chi connectivity index (χ1) is 8.67. The summed E-state index contributed by atoms with van der Waals surface area (Å²) < 4.78 is 53.5. The molecule has 0 heterocycles. The van der Waals surface area contributed by atoms with Crippen LogP contribution in [0.3, 0.4) is 0 Å². The molecule has 0 fully saturated rings. The first-order valence-electron chi connectivity index (χ1n) is 5.94. The topological polar surface area (TPSA) is 72.2 Å². The Morgan fingerprint density at radius 3 is 2.26 bits per heavy atom. The van der Waals surface area contributed by atoms with Gasteiger partial charge in [0.25, 0.3) is 0 Å². The van der Waals surface area contributed by atoms with E-state index < -0.39 is 37.8 Å². The van der Waals surface area contributed by atoms with Crippen molar-refractivity contribution in [1.29, 1.82) is 0 Å². The lowest BCUT2D eigenvalue weighted by Gasteiger charge is -2.27. The average Bonchev–Trinajstić information content (AvgIpc) is 2.35. The van der Waals surface area contributed by atoms with Crippen LogP contribution < -0.4 is 10.5 Å². The first-order valence-corrected chi connectivity index (χ1v) is 7.42. The maximum Gasteiger partial charge on any atom is 0.244 e. The van der Waals surface area contributed by atoms with Gasteiger partial charge in [-0.2, -0.15) is 0 Å². The van der Waals surface area contributed by atoms with E-state index in [0.29, 0.717) is 12.8 Å². The van der Waals surface area contributed by atoms with Crippen LogP contribution in [0.25, 0.3) is 0 Å². The molecular formula is C12H18F2N2O2S. The van der Waals surface area contributed by atoms with Crippen molar-refractivity contribution in [1.82, 2.24) is 4.72 Å². The maximum absolute atomic E-state index is 13.8. The Balaban J connectivity index is 3.26. The highest BCUT2D eigenvalue weighted by Crippen LogP contribution is 2.25. The molecule has 1 aromatic carbocycles. The summed E-state index contributed by atoms with van der Waals surface area (Å²) in [6, 6.07) is 1.71. The van der Waals surface area contributed by atoms with Gasteiger partial charge in [-0.25, -0.2) is 21.9 Å². The fourth-order valence-corrected chi connectivity index (χ4v) is 3.17. The predicted molar refractivity (Wildman–Crippen MR) is 70.1 cm³/mol. The number of sulfonamides is 1. The van der Waals surface area contributed by atoms with Crippen LogP contribution in [0.1, 0.15) is 33.6 Å². The molecule has 0 saturated carbocycles. The normalized spacial score (nSPS) is 12.7. The summed E-state index contributed by atoms with van der Waals surface area (Å²) in [5, 5.41) is 0. The Labute approximate surface area is 112 Å². The van der Waals surface area contributed by atoms with Crippen LogP contribution in [0.4, 0.5) is 14.5 Å². The van der Waals surface area contributed by atoms with Crippen LogP contribution in [0, 0.1) is 11.6 Å². The number of hydrogen-bond donors (Lipinski definition) is 2. The van der Waals surface area contributed by atoms with E-state index in [4.69, 9.17) is 5.73 Å².